The highest BCUT2D eigenvalue weighted by atomic mass is 32.1. The molecule has 8 nitrogen and oxygen atoms in total. The topological polar surface area (TPSA) is 80.7 Å². The predicted octanol–water partition coefficient (Wildman–Crippen LogP) is 4.95. The second-order valence-corrected chi connectivity index (χ2v) is 9.34. The van der Waals surface area contributed by atoms with Crippen molar-refractivity contribution in [3.05, 3.63) is 102 Å². The Bertz CT molecular complexity index is 1460. The SMILES string of the molecule is COCC(=O)Nc1ccc(N2C(=S)N[C@H](c3ccccn3)[C@H]2c2cccn2-c2ccccc2OC)cc1C. The van der Waals surface area contributed by atoms with Gasteiger partial charge in [0, 0.05) is 36.6 Å². The van der Waals surface area contributed by atoms with Crippen molar-refractivity contribution >= 4 is 34.6 Å². The maximum atomic E-state index is 12.1. The van der Waals surface area contributed by atoms with Gasteiger partial charge in [-0.15, -0.1) is 0 Å². The Morgan fingerprint density at radius 1 is 1.08 bits per heavy atom. The van der Waals surface area contributed by atoms with Gasteiger partial charge in [0.15, 0.2) is 5.11 Å². The van der Waals surface area contributed by atoms with Gasteiger partial charge in [-0.2, -0.15) is 0 Å². The molecule has 1 fully saturated rings. The summed E-state index contributed by atoms with van der Waals surface area (Å²) in [5, 5.41) is 7.00. The van der Waals surface area contributed by atoms with Crippen molar-refractivity contribution < 1.29 is 14.3 Å². The zero-order valence-electron chi connectivity index (χ0n) is 21.4. The molecule has 0 bridgehead atoms. The van der Waals surface area contributed by atoms with E-state index in [1.54, 1.807) is 13.3 Å². The Kier molecular flexibility index (Phi) is 7.39. The summed E-state index contributed by atoms with van der Waals surface area (Å²) in [6.45, 7) is 1.95. The number of pyridine rings is 1. The van der Waals surface area contributed by atoms with Crippen molar-refractivity contribution in [1.29, 1.82) is 0 Å². The predicted molar refractivity (Wildman–Crippen MR) is 152 cm³/mol. The highest BCUT2D eigenvalue weighted by molar-refractivity contribution is 7.80. The van der Waals surface area contributed by atoms with Gasteiger partial charge in [0.05, 0.1) is 24.5 Å². The molecule has 2 N–H and O–H groups in total. The molecule has 2 aromatic carbocycles. The molecule has 2 aromatic heterocycles. The Morgan fingerprint density at radius 3 is 2.63 bits per heavy atom. The summed E-state index contributed by atoms with van der Waals surface area (Å²) in [7, 11) is 3.17. The lowest BCUT2D eigenvalue weighted by Gasteiger charge is -2.29. The van der Waals surface area contributed by atoms with Gasteiger partial charge in [-0.3, -0.25) is 9.78 Å². The van der Waals surface area contributed by atoms with Gasteiger partial charge < -0.3 is 29.6 Å². The van der Waals surface area contributed by atoms with E-state index < -0.39 is 0 Å². The number of anilines is 2. The molecule has 2 atom stereocenters. The lowest BCUT2D eigenvalue weighted by Crippen LogP contribution is -2.30. The number of carbonyl (C=O) groups excluding carboxylic acids is 1. The van der Waals surface area contributed by atoms with E-state index in [0.717, 1.165) is 39.8 Å². The number of benzene rings is 2. The van der Waals surface area contributed by atoms with Crippen LogP contribution in [0, 0.1) is 6.92 Å². The standard InChI is InChI=1S/C29H29N5O3S/c1-19-17-20(13-14-21(19)31-26(35)18-36-2)34-28(27(32-29(34)38)22-9-6-7-15-30-22)24-11-8-16-33(24)23-10-4-5-12-25(23)37-3/h4-17,27-28H,18H2,1-3H3,(H,31,35)(H,32,38)/t27-,28-/m1/s1. The van der Waals surface area contributed by atoms with Crippen LogP contribution in [0.3, 0.4) is 0 Å². The number of aryl methyl sites for hydroxylation is 1. The van der Waals surface area contributed by atoms with Crippen molar-refractivity contribution in [2.24, 2.45) is 0 Å². The van der Waals surface area contributed by atoms with Crippen LogP contribution in [0.1, 0.15) is 29.0 Å². The number of aromatic nitrogens is 2. The summed E-state index contributed by atoms with van der Waals surface area (Å²) in [4.78, 5) is 18.9. The first kappa shape index (κ1) is 25.4. The number of rotatable bonds is 8. The zero-order valence-corrected chi connectivity index (χ0v) is 22.2. The molecular weight excluding hydrogens is 498 g/mol. The fourth-order valence-corrected chi connectivity index (χ4v) is 5.22. The Labute approximate surface area is 227 Å². The number of amides is 1. The molecular formula is C29H29N5O3S. The number of carbonyl (C=O) groups is 1. The van der Waals surface area contributed by atoms with Crippen LogP contribution in [0.5, 0.6) is 5.75 Å². The van der Waals surface area contributed by atoms with Gasteiger partial charge in [0.25, 0.3) is 0 Å². The zero-order chi connectivity index (χ0) is 26.6. The van der Waals surface area contributed by atoms with Crippen molar-refractivity contribution in [2.45, 2.75) is 19.0 Å². The minimum Gasteiger partial charge on any atom is -0.495 e. The van der Waals surface area contributed by atoms with Gasteiger partial charge in [-0.25, -0.2) is 0 Å². The average Bonchev–Trinajstić information content (AvgIpc) is 3.54. The minimum atomic E-state index is -0.217. The average molecular weight is 528 g/mol. The quantitative estimate of drug-likeness (QED) is 0.314. The van der Waals surface area contributed by atoms with Crippen molar-refractivity contribution in [2.75, 3.05) is 31.0 Å². The maximum absolute atomic E-state index is 12.1. The summed E-state index contributed by atoms with van der Waals surface area (Å²) in [5.41, 5.74) is 5.38. The first-order chi connectivity index (χ1) is 18.5. The highest BCUT2D eigenvalue weighted by Gasteiger charge is 2.42. The van der Waals surface area contributed by atoms with E-state index >= 15 is 0 Å². The third kappa shape index (κ3) is 4.85. The van der Waals surface area contributed by atoms with E-state index in [2.05, 4.69) is 31.2 Å². The third-order valence-corrected chi connectivity index (χ3v) is 6.88. The van der Waals surface area contributed by atoms with Crippen LogP contribution in [0.4, 0.5) is 11.4 Å². The summed E-state index contributed by atoms with van der Waals surface area (Å²) in [5.74, 6) is 0.566. The van der Waals surface area contributed by atoms with Crippen LogP contribution >= 0.6 is 12.2 Å². The largest absolute Gasteiger partial charge is 0.495 e. The number of thiocarbonyl (C=S) groups is 1. The van der Waals surface area contributed by atoms with Crippen molar-refractivity contribution in [3.8, 4) is 11.4 Å². The van der Waals surface area contributed by atoms with Gasteiger partial charge >= 0.3 is 0 Å². The third-order valence-electron chi connectivity index (χ3n) is 6.56. The molecule has 38 heavy (non-hydrogen) atoms. The van der Waals surface area contributed by atoms with Gasteiger partial charge in [0.1, 0.15) is 18.4 Å². The monoisotopic (exact) mass is 527 g/mol. The molecule has 0 radical (unpaired) electrons. The van der Waals surface area contributed by atoms with Gasteiger partial charge in [-0.1, -0.05) is 18.2 Å². The smallest absolute Gasteiger partial charge is 0.250 e. The number of hydrogen-bond donors (Lipinski definition) is 2. The normalized spacial score (nSPS) is 16.8. The molecule has 3 heterocycles. The fraction of sp³-hybridized carbons (Fsp3) is 0.207. The van der Waals surface area contributed by atoms with Crippen molar-refractivity contribution in [3.63, 3.8) is 0 Å². The molecule has 1 aliphatic rings. The molecule has 0 unspecified atom stereocenters. The summed E-state index contributed by atoms with van der Waals surface area (Å²) < 4.78 is 12.8. The van der Waals surface area contributed by atoms with Crippen LogP contribution in [-0.2, 0) is 9.53 Å². The molecule has 194 valence electrons. The van der Waals surface area contributed by atoms with Crippen LogP contribution < -0.4 is 20.3 Å². The van der Waals surface area contributed by atoms with E-state index in [0.29, 0.717) is 5.11 Å². The Morgan fingerprint density at radius 2 is 1.89 bits per heavy atom. The molecule has 5 rings (SSSR count). The van der Waals surface area contributed by atoms with E-state index in [1.165, 1.54) is 7.11 Å². The number of ether oxygens (including phenoxy) is 2. The first-order valence-electron chi connectivity index (χ1n) is 12.2. The number of nitrogens with one attached hydrogen (secondary N) is 2. The van der Waals surface area contributed by atoms with Crippen molar-refractivity contribution in [1.82, 2.24) is 14.9 Å². The number of methoxy groups -OCH3 is 2. The number of nitrogens with zero attached hydrogens (tertiary/aromatic N) is 3. The molecule has 1 aliphatic heterocycles. The van der Waals surface area contributed by atoms with E-state index in [-0.39, 0.29) is 24.6 Å². The lowest BCUT2D eigenvalue weighted by atomic mass is 10.00. The first-order valence-corrected chi connectivity index (χ1v) is 12.6. The fourth-order valence-electron chi connectivity index (χ4n) is 4.87. The summed E-state index contributed by atoms with van der Waals surface area (Å²) in [6.07, 6.45) is 3.82. The minimum absolute atomic E-state index is 0.00487. The molecule has 0 aliphatic carbocycles. The number of para-hydroxylation sites is 2. The van der Waals surface area contributed by atoms with Gasteiger partial charge in [0.2, 0.25) is 5.91 Å². The second-order valence-electron chi connectivity index (χ2n) is 8.95. The van der Waals surface area contributed by atoms with E-state index in [9.17, 15) is 4.79 Å². The lowest BCUT2D eigenvalue weighted by molar-refractivity contribution is -0.119. The van der Waals surface area contributed by atoms with Crippen LogP contribution in [0.2, 0.25) is 0 Å². The molecule has 4 aromatic rings. The molecule has 1 saturated heterocycles. The summed E-state index contributed by atoms with van der Waals surface area (Å²) >= 11 is 5.91. The molecule has 0 spiro atoms. The van der Waals surface area contributed by atoms with Gasteiger partial charge in [-0.05, 0) is 79.3 Å². The van der Waals surface area contributed by atoms with Crippen LogP contribution in [-0.4, -0.2) is 41.4 Å². The Balaban J connectivity index is 1.60. The number of hydrogen-bond acceptors (Lipinski definition) is 5. The van der Waals surface area contributed by atoms with Crippen LogP contribution in [0.15, 0.2) is 85.2 Å². The molecule has 9 heteroatoms. The Hall–Kier alpha value is -4.21. The van der Waals surface area contributed by atoms with E-state index in [1.807, 2.05) is 79.9 Å². The second kappa shape index (κ2) is 11.0. The highest BCUT2D eigenvalue weighted by Crippen LogP contribution is 2.43. The van der Waals surface area contributed by atoms with E-state index in [4.69, 9.17) is 21.7 Å². The molecule has 0 saturated carbocycles. The summed E-state index contributed by atoms with van der Waals surface area (Å²) in [6, 6.07) is 23.4. The molecule has 1 amide bonds. The maximum Gasteiger partial charge on any atom is 0.250 e. The van der Waals surface area contributed by atoms with Crippen LogP contribution in [0.25, 0.3) is 5.69 Å².